The van der Waals surface area contributed by atoms with Crippen molar-refractivity contribution >= 4 is 23.6 Å². The van der Waals surface area contributed by atoms with Crippen LogP contribution in [-0.2, 0) is 0 Å². The lowest BCUT2D eigenvalue weighted by Crippen LogP contribution is -2.48. The molecule has 1 aliphatic heterocycles. The average Bonchev–Trinajstić information content (AvgIpc) is 3.22. The zero-order valence-electron chi connectivity index (χ0n) is 13.9. The molecule has 2 fully saturated rings. The number of amides is 2. The first-order chi connectivity index (χ1) is 11.5. The van der Waals surface area contributed by atoms with Crippen molar-refractivity contribution in [3.63, 3.8) is 0 Å². The fourth-order valence-corrected chi connectivity index (χ4v) is 4.11. The van der Waals surface area contributed by atoms with E-state index in [1.807, 2.05) is 17.9 Å². The van der Waals surface area contributed by atoms with Gasteiger partial charge in [-0.3, -0.25) is 4.79 Å². The summed E-state index contributed by atoms with van der Waals surface area (Å²) in [6.07, 6.45) is 4.03. The lowest BCUT2D eigenvalue weighted by Gasteiger charge is -2.35. The summed E-state index contributed by atoms with van der Waals surface area (Å²) in [4.78, 5) is 27.9. The van der Waals surface area contributed by atoms with Gasteiger partial charge < -0.3 is 14.9 Å². The highest BCUT2D eigenvalue weighted by molar-refractivity contribution is 6.31. The van der Waals surface area contributed by atoms with E-state index in [2.05, 4.69) is 0 Å². The van der Waals surface area contributed by atoms with Crippen LogP contribution >= 0.6 is 11.6 Å². The van der Waals surface area contributed by atoms with Crippen molar-refractivity contribution in [3.05, 3.63) is 34.3 Å². The molecule has 1 aromatic carbocycles. The first-order valence-electron chi connectivity index (χ1n) is 8.54. The molecule has 0 bridgehead atoms. The SMILES string of the molecule is Cc1c(Cl)cccc1C(=O)N(C1CCCC1)[C@H]1CCN(C(=O)O)C1. The van der Waals surface area contributed by atoms with Crippen LogP contribution in [-0.4, -0.2) is 52.1 Å². The number of nitrogens with zero attached hydrogens (tertiary/aromatic N) is 2. The summed E-state index contributed by atoms with van der Waals surface area (Å²) < 4.78 is 0. The van der Waals surface area contributed by atoms with Gasteiger partial charge in [0, 0.05) is 29.7 Å². The van der Waals surface area contributed by atoms with Gasteiger partial charge in [0.2, 0.25) is 0 Å². The normalized spacial score (nSPS) is 21.2. The third-order valence-electron chi connectivity index (χ3n) is 5.28. The summed E-state index contributed by atoms with van der Waals surface area (Å²) in [7, 11) is 0. The Hall–Kier alpha value is -1.75. The van der Waals surface area contributed by atoms with Crippen LogP contribution in [0.4, 0.5) is 4.79 Å². The molecule has 2 amide bonds. The molecule has 5 nitrogen and oxygen atoms in total. The molecule has 1 aliphatic carbocycles. The predicted molar refractivity (Wildman–Crippen MR) is 92.6 cm³/mol. The fourth-order valence-electron chi connectivity index (χ4n) is 3.93. The Kier molecular flexibility index (Phi) is 4.99. The number of rotatable bonds is 3. The minimum Gasteiger partial charge on any atom is -0.465 e. The molecule has 0 radical (unpaired) electrons. The number of hydrogen-bond donors (Lipinski definition) is 1. The zero-order chi connectivity index (χ0) is 17.3. The van der Waals surface area contributed by atoms with E-state index in [0.29, 0.717) is 30.1 Å². The van der Waals surface area contributed by atoms with Gasteiger partial charge in [-0.1, -0.05) is 30.5 Å². The highest BCUT2D eigenvalue weighted by atomic mass is 35.5. The second-order valence-electron chi connectivity index (χ2n) is 6.73. The Labute approximate surface area is 147 Å². The average molecular weight is 351 g/mol. The van der Waals surface area contributed by atoms with E-state index in [4.69, 9.17) is 11.6 Å². The molecule has 3 rings (SSSR count). The fraction of sp³-hybridized carbons (Fsp3) is 0.556. The van der Waals surface area contributed by atoms with Gasteiger partial charge in [-0.05, 0) is 43.9 Å². The predicted octanol–water partition coefficient (Wildman–Crippen LogP) is 3.79. The number of benzene rings is 1. The van der Waals surface area contributed by atoms with E-state index < -0.39 is 6.09 Å². The topological polar surface area (TPSA) is 60.9 Å². The molecule has 0 aromatic heterocycles. The minimum absolute atomic E-state index is 0.0147. The van der Waals surface area contributed by atoms with Crippen LogP contribution in [0.15, 0.2) is 18.2 Å². The maximum atomic E-state index is 13.3. The molecule has 1 N–H and O–H groups in total. The molecule has 0 spiro atoms. The monoisotopic (exact) mass is 350 g/mol. The Morgan fingerprint density at radius 2 is 1.92 bits per heavy atom. The second kappa shape index (κ2) is 7.01. The summed E-state index contributed by atoms with van der Waals surface area (Å²) in [6, 6.07) is 5.56. The van der Waals surface area contributed by atoms with Gasteiger partial charge in [-0.15, -0.1) is 0 Å². The number of carbonyl (C=O) groups is 2. The third kappa shape index (κ3) is 3.22. The molecule has 1 saturated carbocycles. The Bertz CT molecular complexity index is 643. The van der Waals surface area contributed by atoms with Crippen LogP contribution in [0.5, 0.6) is 0 Å². The van der Waals surface area contributed by atoms with Crippen molar-refractivity contribution in [2.75, 3.05) is 13.1 Å². The van der Waals surface area contributed by atoms with Crippen LogP contribution in [0.3, 0.4) is 0 Å². The molecular weight excluding hydrogens is 328 g/mol. The standard InChI is InChI=1S/C18H23ClN2O3/c1-12-15(7-4-8-16(12)19)17(22)21(13-5-2-3-6-13)14-9-10-20(11-14)18(23)24/h4,7-8,13-14H,2-3,5-6,9-11H2,1H3,(H,23,24)/t14-/m0/s1. The van der Waals surface area contributed by atoms with Crippen molar-refractivity contribution in [1.82, 2.24) is 9.80 Å². The van der Waals surface area contributed by atoms with Crippen molar-refractivity contribution in [3.8, 4) is 0 Å². The Morgan fingerprint density at radius 3 is 2.54 bits per heavy atom. The van der Waals surface area contributed by atoms with E-state index in [-0.39, 0.29) is 18.0 Å². The molecule has 130 valence electrons. The van der Waals surface area contributed by atoms with E-state index in [0.717, 1.165) is 31.2 Å². The molecule has 0 unspecified atom stereocenters. The summed E-state index contributed by atoms with van der Waals surface area (Å²) in [5.74, 6) is -0.0147. The van der Waals surface area contributed by atoms with Crippen molar-refractivity contribution in [2.45, 2.75) is 51.1 Å². The summed E-state index contributed by atoms with van der Waals surface area (Å²) in [5, 5.41) is 9.81. The highest BCUT2D eigenvalue weighted by Crippen LogP contribution is 2.31. The second-order valence-corrected chi connectivity index (χ2v) is 7.14. The first kappa shape index (κ1) is 17.1. The Morgan fingerprint density at radius 1 is 1.21 bits per heavy atom. The summed E-state index contributed by atoms with van der Waals surface area (Å²) >= 11 is 6.19. The van der Waals surface area contributed by atoms with E-state index in [9.17, 15) is 14.7 Å². The van der Waals surface area contributed by atoms with Crippen LogP contribution in [0.2, 0.25) is 5.02 Å². The molecule has 1 atom stereocenters. The van der Waals surface area contributed by atoms with Gasteiger partial charge in [-0.2, -0.15) is 0 Å². The maximum Gasteiger partial charge on any atom is 0.407 e. The van der Waals surface area contributed by atoms with Gasteiger partial charge in [-0.25, -0.2) is 4.79 Å². The quantitative estimate of drug-likeness (QED) is 0.902. The lowest BCUT2D eigenvalue weighted by atomic mass is 10.0. The number of hydrogen-bond acceptors (Lipinski definition) is 2. The molecular formula is C18H23ClN2O3. The largest absolute Gasteiger partial charge is 0.465 e. The molecule has 1 saturated heterocycles. The van der Waals surface area contributed by atoms with Crippen LogP contribution in [0.1, 0.15) is 48.0 Å². The number of carboxylic acid groups (broad SMARTS) is 1. The highest BCUT2D eigenvalue weighted by Gasteiger charge is 2.38. The molecule has 1 heterocycles. The summed E-state index contributed by atoms with van der Waals surface area (Å²) in [5.41, 5.74) is 1.42. The van der Waals surface area contributed by atoms with E-state index in [1.165, 1.54) is 4.90 Å². The van der Waals surface area contributed by atoms with E-state index in [1.54, 1.807) is 12.1 Å². The number of carbonyl (C=O) groups excluding carboxylic acids is 1. The van der Waals surface area contributed by atoms with Gasteiger partial charge in [0.05, 0.1) is 6.04 Å². The molecule has 24 heavy (non-hydrogen) atoms. The first-order valence-corrected chi connectivity index (χ1v) is 8.92. The third-order valence-corrected chi connectivity index (χ3v) is 5.69. The van der Waals surface area contributed by atoms with Crippen LogP contribution < -0.4 is 0 Å². The number of likely N-dealkylation sites (tertiary alicyclic amines) is 1. The van der Waals surface area contributed by atoms with Crippen molar-refractivity contribution in [2.24, 2.45) is 0 Å². The number of halogens is 1. The van der Waals surface area contributed by atoms with E-state index >= 15 is 0 Å². The van der Waals surface area contributed by atoms with Crippen molar-refractivity contribution < 1.29 is 14.7 Å². The molecule has 2 aliphatic rings. The minimum atomic E-state index is -0.907. The Balaban J connectivity index is 1.89. The maximum absolute atomic E-state index is 13.3. The molecule has 1 aromatic rings. The summed E-state index contributed by atoms with van der Waals surface area (Å²) in [6.45, 7) is 2.75. The van der Waals surface area contributed by atoms with Gasteiger partial charge in [0.25, 0.3) is 5.91 Å². The van der Waals surface area contributed by atoms with Crippen LogP contribution in [0, 0.1) is 6.92 Å². The van der Waals surface area contributed by atoms with Crippen LogP contribution in [0.25, 0.3) is 0 Å². The van der Waals surface area contributed by atoms with Crippen molar-refractivity contribution in [1.29, 1.82) is 0 Å². The zero-order valence-corrected chi connectivity index (χ0v) is 14.6. The van der Waals surface area contributed by atoms with Gasteiger partial charge >= 0.3 is 6.09 Å². The molecule has 6 heteroatoms. The smallest absolute Gasteiger partial charge is 0.407 e. The lowest BCUT2D eigenvalue weighted by molar-refractivity contribution is 0.0578. The van der Waals surface area contributed by atoms with Gasteiger partial charge in [0.1, 0.15) is 0 Å². The van der Waals surface area contributed by atoms with Gasteiger partial charge in [0.15, 0.2) is 0 Å².